The molecule has 1 heterocycles. The molecule has 138 valence electrons. The van der Waals surface area contributed by atoms with Gasteiger partial charge in [0.1, 0.15) is 5.75 Å². The quantitative estimate of drug-likeness (QED) is 0.738. The zero-order valence-electron chi connectivity index (χ0n) is 14.1. The van der Waals surface area contributed by atoms with Crippen LogP contribution in [0.1, 0.15) is 27.6 Å². The number of carbonyl (C=O) groups excluding carboxylic acids is 1. The molecule has 8 heteroatoms. The Labute approximate surface area is 151 Å². The second-order valence-electron chi connectivity index (χ2n) is 5.85. The topological polar surface area (TPSA) is 102 Å². The lowest BCUT2D eigenvalue weighted by Gasteiger charge is -2.14. The molecule has 0 amide bonds. The SMILES string of the molecule is COC(=O)c1ccc(S(=O)(=O)NC[C@@H](O)c2ccc3c(c2)CCO3)cc1. The summed E-state index contributed by atoms with van der Waals surface area (Å²) >= 11 is 0. The van der Waals surface area contributed by atoms with Gasteiger partial charge < -0.3 is 14.6 Å². The maximum Gasteiger partial charge on any atom is 0.337 e. The van der Waals surface area contributed by atoms with Gasteiger partial charge in [-0.05, 0) is 47.5 Å². The first kappa shape index (κ1) is 18.4. The van der Waals surface area contributed by atoms with Gasteiger partial charge in [0.25, 0.3) is 0 Å². The van der Waals surface area contributed by atoms with Crippen LogP contribution in [0.2, 0.25) is 0 Å². The van der Waals surface area contributed by atoms with Crippen molar-refractivity contribution in [3.63, 3.8) is 0 Å². The van der Waals surface area contributed by atoms with Crippen LogP contribution in [-0.4, -0.2) is 39.8 Å². The largest absolute Gasteiger partial charge is 0.493 e. The van der Waals surface area contributed by atoms with Gasteiger partial charge in [0, 0.05) is 13.0 Å². The number of hydrogen-bond donors (Lipinski definition) is 2. The highest BCUT2D eigenvalue weighted by Gasteiger charge is 2.19. The fraction of sp³-hybridized carbons (Fsp3) is 0.278. The van der Waals surface area contributed by atoms with Crippen molar-refractivity contribution >= 4 is 16.0 Å². The zero-order chi connectivity index (χ0) is 18.7. The molecule has 2 aromatic carbocycles. The van der Waals surface area contributed by atoms with Gasteiger partial charge in [0.05, 0.1) is 30.3 Å². The minimum atomic E-state index is -3.81. The van der Waals surface area contributed by atoms with Gasteiger partial charge in [0.15, 0.2) is 0 Å². The molecular formula is C18H19NO6S. The van der Waals surface area contributed by atoms with Gasteiger partial charge in [-0.2, -0.15) is 0 Å². The fourth-order valence-electron chi connectivity index (χ4n) is 2.69. The second kappa shape index (κ2) is 7.45. The number of carbonyl (C=O) groups is 1. The van der Waals surface area contributed by atoms with Crippen molar-refractivity contribution in [2.24, 2.45) is 0 Å². The third-order valence-corrected chi connectivity index (χ3v) is 5.59. The van der Waals surface area contributed by atoms with Crippen molar-refractivity contribution in [3.05, 3.63) is 59.2 Å². The summed E-state index contributed by atoms with van der Waals surface area (Å²) in [6.07, 6.45) is -0.209. The van der Waals surface area contributed by atoms with E-state index in [4.69, 9.17) is 4.74 Å². The van der Waals surface area contributed by atoms with Crippen LogP contribution >= 0.6 is 0 Å². The lowest BCUT2D eigenvalue weighted by molar-refractivity contribution is 0.0600. The Morgan fingerprint density at radius 2 is 2.00 bits per heavy atom. The molecule has 0 aliphatic carbocycles. The predicted molar refractivity (Wildman–Crippen MR) is 93.6 cm³/mol. The summed E-state index contributed by atoms with van der Waals surface area (Å²) in [5, 5.41) is 10.3. The van der Waals surface area contributed by atoms with Crippen LogP contribution in [0.15, 0.2) is 47.4 Å². The van der Waals surface area contributed by atoms with Crippen LogP contribution in [0.3, 0.4) is 0 Å². The van der Waals surface area contributed by atoms with E-state index in [9.17, 15) is 18.3 Å². The molecule has 0 saturated carbocycles. The number of benzene rings is 2. The number of aliphatic hydroxyl groups excluding tert-OH is 1. The standard InChI is InChI=1S/C18H19NO6S/c1-24-18(21)12-2-5-15(6-3-12)26(22,23)19-11-16(20)13-4-7-17-14(10-13)8-9-25-17/h2-7,10,16,19-20H,8-9,11H2,1H3/t16-/m1/s1. The van der Waals surface area contributed by atoms with Crippen LogP contribution in [-0.2, 0) is 21.2 Å². The maximum atomic E-state index is 12.3. The van der Waals surface area contributed by atoms with Crippen molar-refractivity contribution in [2.45, 2.75) is 17.4 Å². The van der Waals surface area contributed by atoms with Crippen molar-refractivity contribution in [2.75, 3.05) is 20.3 Å². The number of fused-ring (bicyclic) bond motifs is 1. The second-order valence-corrected chi connectivity index (χ2v) is 7.62. The minimum absolute atomic E-state index is 0.000272. The van der Waals surface area contributed by atoms with Gasteiger partial charge in [-0.3, -0.25) is 0 Å². The Kier molecular flexibility index (Phi) is 5.26. The molecule has 2 aromatic rings. The summed E-state index contributed by atoms with van der Waals surface area (Å²) in [5.74, 6) is 0.255. The van der Waals surface area contributed by atoms with Crippen LogP contribution in [0.25, 0.3) is 0 Å². The van der Waals surface area contributed by atoms with E-state index in [0.29, 0.717) is 12.2 Å². The van der Waals surface area contributed by atoms with Crippen molar-refractivity contribution in [1.29, 1.82) is 0 Å². The molecule has 1 aliphatic rings. The fourth-order valence-corrected chi connectivity index (χ4v) is 3.73. The monoisotopic (exact) mass is 377 g/mol. The lowest BCUT2D eigenvalue weighted by Crippen LogP contribution is -2.28. The van der Waals surface area contributed by atoms with E-state index in [1.165, 1.54) is 31.4 Å². The Bertz CT molecular complexity index is 908. The number of rotatable bonds is 6. The summed E-state index contributed by atoms with van der Waals surface area (Å²) in [7, 11) is -2.56. The van der Waals surface area contributed by atoms with Crippen LogP contribution < -0.4 is 9.46 Å². The van der Waals surface area contributed by atoms with Crippen LogP contribution in [0, 0.1) is 0 Å². The van der Waals surface area contributed by atoms with E-state index in [0.717, 1.165) is 17.7 Å². The highest BCUT2D eigenvalue weighted by molar-refractivity contribution is 7.89. The van der Waals surface area contributed by atoms with E-state index in [1.807, 2.05) is 6.07 Å². The third-order valence-electron chi connectivity index (χ3n) is 4.15. The molecule has 0 fully saturated rings. The normalized spacial score (nSPS) is 14.4. The average Bonchev–Trinajstić information content (AvgIpc) is 3.13. The van der Waals surface area contributed by atoms with E-state index in [1.54, 1.807) is 12.1 Å². The number of aliphatic hydroxyl groups is 1. The van der Waals surface area contributed by atoms with E-state index >= 15 is 0 Å². The number of methoxy groups -OCH3 is 1. The molecule has 2 N–H and O–H groups in total. The molecule has 0 saturated heterocycles. The molecule has 0 aromatic heterocycles. The van der Waals surface area contributed by atoms with Crippen LogP contribution in [0.5, 0.6) is 5.75 Å². The molecule has 0 spiro atoms. The highest BCUT2D eigenvalue weighted by Crippen LogP contribution is 2.28. The summed E-state index contributed by atoms with van der Waals surface area (Å²) < 4.78 is 37.1. The van der Waals surface area contributed by atoms with Gasteiger partial charge in [-0.1, -0.05) is 6.07 Å². The minimum Gasteiger partial charge on any atom is -0.493 e. The molecule has 26 heavy (non-hydrogen) atoms. The van der Waals surface area contributed by atoms with Crippen molar-refractivity contribution < 1.29 is 27.8 Å². The predicted octanol–water partition coefficient (Wildman–Crippen LogP) is 1.42. The number of esters is 1. The maximum absolute atomic E-state index is 12.3. The number of ether oxygens (including phenoxy) is 2. The first-order chi connectivity index (χ1) is 12.4. The Hall–Kier alpha value is -2.42. The summed E-state index contributed by atoms with van der Waals surface area (Å²) in [6.45, 7) is 0.448. The summed E-state index contributed by atoms with van der Waals surface area (Å²) in [6, 6.07) is 10.7. The van der Waals surface area contributed by atoms with Crippen molar-refractivity contribution in [1.82, 2.24) is 4.72 Å². The lowest BCUT2D eigenvalue weighted by atomic mass is 10.0. The van der Waals surface area contributed by atoms with E-state index in [-0.39, 0.29) is 17.0 Å². The Morgan fingerprint density at radius 3 is 2.69 bits per heavy atom. The third kappa shape index (κ3) is 3.87. The van der Waals surface area contributed by atoms with E-state index < -0.39 is 22.1 Å². The average molecular weight is 377 g/mol. The number of nitrogens with one attached hydrogen (secondary N) is 1. The van der Waals surface area contributed by atoms with Crippen molar-refractivity contribution in [3.8, 4) is 5.75 Å². The number of sulfonamides is 1. The molecule has 0 bridgehead atoms. The first-order valence-electron chi connectivity index (χ1n) is 8.02. The summed E-state index contributed by atoms with van der Waals surface area (Å²) in [4.78, 5) is 11.4. The Morgan fingerprint density at radius 1 is 1.27 bits per heavy atom. The molecule has 3 rings (SSSR count). The van der Waals surface area contributed by atoms with Gasteiger partial charge in [-0.25, -0.2) is 17.9 Å². The van der Waals surface area contributed by atoms with E-state index in [2.05, 4.69) is 9.46 Å². The molecule has 7 nitrogen and oxygen atoms in total. The zero-order valence-corrected chi connectivity index (χ0v) is 15.0. The van der Waals surface area contributed by atoms with Gasteiger partial charge in [0.2, 0.25) is 10.0 Å². The van der Waals surface area contributed by atoms with Gasteiger partial charge in [-0.15, -0.1) is 0 Å². The molecule has 1 aliphatic heterocycles. The first-order valence-corrected chi connectivity index (χ1v) is 9.51. The highest BCUT2D eigenvalue weighted by atomic mass is 32.2. The molecule has 1 atom stereocenters. The number of hydrogen-bond acceptors (Lipinski definition) is 6. The molecule has 0 radical (unpaired) electrons. The molecular weight excluding hydrogens is 358 g/mol. The Balaban J connectivity index is 1.67. The smallest absolute Gasteiger partial charge is 0.337 e. The van der Waals surface area contributed by atoms with Crippen LogP contribution in [0.4, 0.5) is 0 Å². The molecule has 0 unspecified atom stereocenters. The van der Waals surface area contributed by atoms with Gasteiger partial charge >= 0.3 is 5.97 Å². The summed E-state index contributed by atoms with van der Waals surface area (Å²) in [5.41, 5.74) is 1.88.